The van der Waals surface area contributed by atoms with E-state index in [0.29, 0.717) is 0 Å². The van der Waals surface area contributed by atoms with E-state index in [1.54, 1.807) is 0 Å². The number of anilines is 3. The number of para-hydroxylation sites is 3. The lowest BCUT2D eigenvalue weighted by atomic mass is 9.67. The first-order chi connectivity index (χ1) is 33.7. The van der Waals surface area contributed by atoms with Gasteiger partial charge >= 0.3 is 0 Å². The van der Waals surface area contributed by atoms with E-state index in [1.807, 2.05) is 6.07 Å². The van der Waals surface area contributed by atoms with Crippen LogP contribution in [0.5, 0.6) is 0 Å². The molecule has 0 aliphatic heterocycles. The van der Waals surface area contributed by atoms with Crippen molar-refractivity contribution < 1.29 is 8.83 Å². The third-order valence-electron chi connectivity index (χ3n) is 14.3. The van der Waals surface area contributed by atoms with Crippen molar-refractivity contribution in [3.05, 3.63) is 271 Å². The Balaban J connectivity index is 0.972. The molecule has 68 heavy (non-hydrogen) atoms. The normalized spacial score (nSPS) is 12.8. The molecule has 0 amide bonds. The number of hydrogen-bond acceptors (Lipinski definition) is 3. The zero-order valence-electron chi connectivity index (χ0n) is 36.9. The largest absolute Gasteiger partial charge is 0.455 e. The number of hydrogen-bond donors (Lipinski definition) is 0. The molecule has 318 valence electrons. The molecule has 3 nitrogen and oxygen atoms in total. The number of fused-ring (bicyclic) bond motifs is 11. The average Bonchev–Trinajstić information content (AvgIpc) is 4.08. The lowest BCUT2D eigenvalue weighted by molar-refractivity contribution is 0.670. The molecule has 0 fully saturated rings. The van der Waals surface area contributed by atoms with Crippen molar-refractivity contribution in [3.8, 4) is 33.4 Å². The zero-order valence-corrected chi connectivity index (χ0v) is 36.9. The quantitative estimate of drug-likeness (QED) is 0.160. The van der Waals surface area contributed by atoms with Gasteiger partial charge in [0.15, 0.2) is 0 Å². The summed E-state index contributed by atoms with van der Waals surface area (Å²) in [7, 11) is 0. The van der Waals surface area contributed by atoms with Crippen LogP contribution in [0.2, 0.25) is 0 Å². The van der Waals surface area contributed by atoms with Gasteiger partial charge in [0.05, 0.1) is 5.41 Å². The van der Waals surface area contributed by atoms with Crippen LogP contribution in [0.3, 0.4) is 0 Å². The molecule has 13 aromatic rings. The Morgan fingerprint density at radius 3 is 1.65 bits per heavy atom. The lowest BCUT2D eigenvalue weighted by Crippen LogP contribution is -2.28. The maximum atomic E-state index is 6.82. The molecule has 3 heteroatoms. The smallest absolute Gasteiger partial charge is 0.143 e. The monoisotopic (exact) mass is 867 g/mol. The van der Waals surface area contributed by atoms with E-state index in [4.69, 9.17) is 8.83 Å². The van der Waals surface area contributed by atoms with Crippen LogP contribution in [0, 0.1) is 0 Å². The molecule has 0 saturated heterocycles. The number of nitrogens with zero attached hydrogens (tertiary/aromatic N) is 1. The zero-order chi connectivity index (χ0) is 44.8. The van der Waals surface area contributed by atoms with Crippen molar-refractivity contribution in [2.75, 3.05) is 4.90 Å². The third-order valence-corrected chi connectivity index (χ3v) is 14.3. The molecule has 0 bridgehead atoms. The highest BCUT2D eigenvalue weighted by Crippen LogP contribution is 2.57. The molecule has 0 saturated carbocycles. The third kappa shape index (κ3) is 5.66. The van der Waals surface area contributed by atoms with Crippen molar-refractivity contribution in [2.45, 2.75) is 5.41 Å². The molecule has 2 heterocycles. The van der Waals surface area contributed by atoms with Crippen molar-refractivity contribution in [3.63, 3.8) is 0 Å². The highest BCUT2D eigenvalue weighted by molar-refractivity contribution is 6.17. The summed E-state index contributed by atoms with van der Waals surface area (Å²) in [6.07, 6.45) is 0. The van der Waals surface area contributed by atoms with Crippen molar-refractivity contribution in [2.24, 2.45) is 0 Å². The second kappa shape index (κ2) is 15.1. The van der Waals surface area contributed by atoms with Gasteiger partial charge < -0.3 is 13.7 Å². The Bertz CT molecular complexity index is 4050. The van der Waals surface area contributed by atoms with Crippen LogP contribution < -0.4 is 4.90 Å². The molecule has 0 spiro atoms. The van der Waals surface area contributed by atoms with Gasteiger partial charge in [-0.05, 0) is 98.4 Å². The second-order valence-electron chi connectivity index (χ2n) is 17.9. The van der Waals surface area contributed by atoms with Crippen LogP contribution in [0.25, 0.3) is 88.0 Å². The molecule has 14 rings (SSSR count). The van der Waals surface area contributed by atoms with Crippen LogP contribution in [0.15, 0.2) is 258 Å². The summed E-state index contributed by atoms with van der Waals surface area (Å²) in [5.74, 6) is 0. The van der Waals surface area contributed by atoms with Gasteiger partial charge in [0, 0.05) is 55.1 Å². The minimum absolute atomic E-state index is 0.546. The first-order valence-electron chi connectivity index (χ1n) is 23.3. The van der Waals surface area contributed by atoms with Crippen LogP contribution in [0.1, 0.15) is 22.3 Å². The fraction of sp³-hybridized carbons (Fsp3) is 0.0154. The van der Waals surface area contributed by atoms with E-state index in [0.717, 1.165) is 88.6 Å². The number of benzene rings is 11. The van der Waals surface area contributed by atoms with E-state index < -0.39 is 5.41 Å². The van der Waals surface area contributed by atoms with Gasteiger partial charge in [-0.1, -0.05) is 200 Å². The molecule has 0 unspecified atom stereocenters. The maximum Gasteiger partial charge on any atom is 0.143 e. The topological polar surface area (TPSA) is 29.5 Å². The van der Waals surface area contributed by atoms with Crippen LogP contribution >= 0.6 is 0 Å². The van der Waals surface area contributed by atoms with E-state index in [2.05, 4.69) is 248 Å². The Hall–Kier alpha value is -8.92. The first kappa shape index (κ1) is 38.4. The van der Waals surface area contributed by atoms with Gasteiger partial charge in [-0.15, -0.1) is 0 Å². The maximum absolute atomic E-state index is 6.82. The summed E-state index contributed by atoms with van der Waals surface area (Å²) in [6.45, 7) is 0. The van der Waals surface area contributed by atoms with Crippen LogP contribution in [-0.4, -0.2) is 0 Å². The lowest BCUT2D eigenvalue weighted by Gasteiger charge is -2.35. The Kier molecular flexibility index (Phi) is 8.50. The number of rotatable bonds is 7. The predicted octanol–water partition coefficient (Wildman–Crippen LogP) is 17.8. The van der Waals surface area contributed by atoms with E-state index >= 15 is 0 Å². The van der Waals surface area contributed by atoms with Gasteiger partial charge in [-0.3, -0.25) is 0 Å². The SMILES string of the molecule is c1ccc(C2(c3ccccc3)c3ccccc3-c3ccc(N(c4ccc(-c5cccc6c5oc5c7ccccc7ccc65)cc4)c4cccc(-c5cccc6c5oc5ccccc56)c4)cc32)cc1. The molecule has 0 radical (unpaired) electrons. The fourth-order valence-electron chi connectivity index (χ4n) is 11.3. The first-order valence-corrected chi connectivity index (χ1v) is 23.3. The predicted molar refractivity (Wildman–Crippen MR) is 281 cm³/mol. The average molecular weight is 868 g/mol. The van der Waals surface area contributed by atoms with Gasteiger partial charge in [-0.2, -0.15) is 0 Å². The summed E-state index contributed by atoms with van der Waals surface area (Å²) < 4.78 is 13.4. The van der Waals surface area contributed by atoms with Crippen molar-refractivity contribution >= 4 is 71.7 Å². The molecular weight excluding hydrogens is 827 g/mol. The molecule has 0 atom stereocenters. The van der Waals surface area contributed by atoms with E-state index in [1.165, 1.54) is 38.8 Å². The Morgan fingerprint density at radius 1 is 0.294 bits per heavy atom. The van der Waals surface area contributed by atoms with E-state index in [9.17, 15) is 0 Å². The Morgan fingerprint density at radius 2 is 0.853 bits per heavy atom. The van der Waals surface area contributed by atoms with Crippen LogP contribution in [-0.2, 0) is 5.41 Å². The van der Waals surface area contributed by atoms with Gasteiger partial charge in [0.1, 0.15) is 22.3 Å². The van der Waals surface area contributed by atoms with Gasteiger partial charge in [0.25, 0.3) is 0 Å². The standard InChI is InChI=1S/C65H41NO2/c1-3-18-45(19-4-1)65(46-20-5-2-6-21-46)59-30-11-9-24-53(59)54-39-37-49(41-60(54)65)66(48-22-13-17-44(40-48)52-27-15-28-56-55-25-10-12-31-61(55)67-62(52)56)47-35-32-43(33-36-47)51-26-14-29-57-58-38-34-42-16-7-8-23-50(42)64(58)68-63(51)57/h1-41H. The highest BCUT2D eigenvalue weighted by atomic mass is 16.3. The highest BCUT2D eigenvalue weighted by Gasteiger charge is 2.46. The summed E-state index contributed by atoms with van der Waals surface area (Å²) in [5, 5.41) is 6.77. The summed E-state index contributed by atoms with van der Waals surface area (Å²) in [5.41, 5.74) is 18.0. The minimum atomic E-state index is -0.546. The van der Waals surface area contributed by atoms with Gasteiger partial charge in [0.2, 0.25) is 0 Å². The van der Waals surface area contributed by atoms with E-state index in [-0.39, 0.29) is 0 Å². The molecule has 0 N–H and O–H groups in total. The molecular formula is C65H41NO2. The number of furan rings is 2. The molecule has 1 aliphatic rings. The minimum Gasteiger partial charge on any atom is -0.455 e. The summed E-state index contributed by atoms with van der Waals surface area (Å²) in [6, 6.07) is 90.0. The molecule has 11 aromatic carbocycles. The molecule has 2 aromatic heterocycles. The molecule has 1 aliphatic carbocycles. The van der Waals surface area contributed by atoms with Gasteiger partial charge in [-0.25, -0.2) is 0 Å². The van der Waals surface area contributed by atoms with Crippen molar-refractivity contribution in [1.29, 1.82) is 0 Å². The summed E-state index contributed by atoms with van der Waals surface area (Å²) in [4.78, 5) is 2.41. The Labute approximate surface area is 393 Å². The second-order valence-corrected chi connectivity index (χ2v) is 17.9. The van der Waals surface area contributed by atoms with Crippen molar-refractivity contribution in [1.82, 2.24) is 0 Å². The fourth-order valence-corrected chi connectivity index (χ4v) is 11.3. The van der Waals surface area contributed by atoms with Crippen LogP contribution in [0.4, 0.5) is 17.1 Å². The summed E-state index contributed by atoms with van der Waals surface area (Å²) >= 11 is 0.